The van der Waals surface area contributed by atoms with Crippen LogP contribution in [0.15, 0.2) is 53.1 Å². The fourth-order valence-corrected chi connectivity index (χ4v) is 3.46. The van der Waals surface area contributed by atoms with E-state index in [1.807, 2.05) is 18.2 Å². The summed E-state index contributed by atoms with van der Waals surface area (Å²) in [6, 6.07) is 14.4. The van der Waals surface area contributed by atoms with Crippen LogP contribution < -0.4 is 4.90 Å². The summed E-state index contributed by atoms with van der Waals surface area (Å²) in [5.41, 5.74) is 3.05. The molecule has 0 aliphatic carbocycles. The van der Waals surface area contributed by atoms with Crippen molar-refractivity contribution in [2.45, 2.75) is 6.92 Å². The highest BCUT2D eigenvalue weighted by Gasteiger charge is 2.23. The number of carbonyl (C=O) groups excluding carboxylic acids is 1. The number of aromatic nitrogens is 3. The van der Waals surface area contributed by atoms with Crippen molar-refractivity contribution in [2.24, 2.45) is 0 Å². The van der Waals surface area contributed by atoms with Gasteiger partial charge in [0.05, 0.1) is 5.02 Å². The standard InChI is InChI=1S/C20H13Cl3N4O2/c1-11-17(16(26-29-11)14-4-2-3-5-15(14)21)27(10-28)13-8-6-12(7-9-13)20-24-18(22)19(23)25-20/h2-10H,1H3,(H,24,25). The van der Waals surface area contributed by atoms with Gasteiger partial charge in [0.1, 0.15) is 22.4 Å². The van der Waals surface area contributed by atoms with Gasteiger partial charge < -0.3 is 9.51 Å². The summed E-state index contributed by atoms with van der Waals surface area (Å²) in [6.45, 7) is 1.74. The molecule has 9 heteroatoms. The minimum absolute atomic E-state index is 0.199. The second-order valence-electron chi connectivity index (χ2n) is 6.13. The molecule has 0 unspecified atom stereocenters. The Labute approximate surface area is 181 Å². The molecule has 0 saturated heterocycles. The first kappa shape index (κ1) is 19.5. The number of carbonyl (C=O) groups is 1. The van der Waals surface area contributed by atoms with Gasteiger partial charge in [-0.1, -0.05) is 58.2 Å². The van der Waals surface area contributed by atoms with Crippen LogP contribution in [0.3, 0.4) is 0 Å². The fourth-order valence-electron chi connectivity index (χ4n) is 2.97. The van der Waals surface area contributed by atoms with E-state index < -0.39 is 0 Å². The Balaban J connectivity index is 1.74. The summed E-state index contributed by atoms with van der Waals surface area (Å²) < 4.78 is 5.36. The molecule has 0 spiro atoms. The number of nitrogens with zero attached hydrogens (tertiary/aromatic N) is 3. The van der Waals surface area contributed by atoms with E-state index in [1.165, 1.54) is 4.90 Å². The minimum Gasteiger partial charge on any atom is -0.359 e. The van der Waals surface area contributed by atoms with Crippen LogP contribution in [0.2, 0.25) is 15.3 Å². The van der Waals surface area contributed by atoms with Crippen LogP contribution in [0.4, 0.5) is 11.4 Å². The second kappa shape index (κ2) is 7.91. The number of aromatic amines is 1. The van der Waals surface area contributed by atoms with E-state index >= 15 is 0 Å². The maximum Gasteiger partial charge on any atom is 0.218 e. The summed E-state index contributed by atoms with van der Waals surface area (Å²) in [4.78, 5) is 20.5. The number of amides is 1. The second-order valence-corrected chi connectivity index (χ2v) is 7.27. The molecule has 1 amide bonds. The molecule has 4 rings (SSSR count). The number of benzene rings is 2. The van der Waals surface area contributed by atoms with Crippen molar-refractivity contribution >= 4 is 52.6 Å². The number of aryl methyl sites for hydroxylation is 1. The van der Waals surface area contributed by atoms with Gasteiger partial charge in [0, 0.05) is 16.8 Å². The molecule has 2 aromatic carbocycles. The molecule has 2 heterocycles. The highest BCUT2D eigenvalue weighted by atomic mass is 35.5. The van der Waals surface area contributed by atoms with E-state index in [9.17, 15) is 4.79 Å². The lowest BCUT2D eigenvalue weighted by Crippen LogP contribution is -2.15. The molecular weight excluding hydrogens is 435 g/mol. The molecule has 4 aromatic rings. The van der Waals surface area contributed by atoms with Crippen molar-refractivity contribution in [1.82, 2.24) is 15.1 Å². The van der Waals surface area contributed by atoms with E-state index in [4.69, 9.17) is 39.3 Å². The number of nitrogens with one attached hydrogen (secondary N) is 1. The smallest absolute Gasteiger partial charge is 0.218 e. The van der Waals surface area contributed by atoms with Gasteiger partial charge in [-0.3, -0.25) is 9.69 Å². The first-order chi connectivity index (χ1) is 14.0. The normalized spacial score (nSPS) is 10.9. The monoisotopic (exact) mass is 446 g/mol. The van der Waals surface area contributed by atoms with Gasteiger partial charge in [-0.2, -0.15) is 0 Å². The van der Waals surface area contributed by atoms with Crippen molar-refractivity contribution < 1.29 is 9.32 Å². The minimum atomic E-state index is 0.199. The Bertz CT molecular complexity index is 1170. The Hall–Kier alpha value is -2.80. The Morgan fingerprint density at radius 2 is 1.79 bits per heavy atom. The van der Waals surface area contributed by atoms with Crippen LogP contribution in [0.5, 0.6) is 0 Å². The summed E-state index contributed by atoms with van der Waals surface area (Å²) in [6.07, 6.45) is 0.704. The van der Waals surface area contributed by atoms with Crippen LogP contribution in [-0.4, -0.2) is 21.5 Å². The zero-order valence-corrected chi connectivity index (χ0v) is 17.3. The van der Waals surface area contributed by atoms with Crippen molar-refractivity contribution in [3.63, 3.8) is 0 Å². The first-order valence-corrected chi connectivity index (χ1v) is 9.60. The van der Waals surface area contributed by atoms with E-state index in [0.717, 1.165) is 5.56 Å². The van der Waals surface area contributed by atoms with Crippen molar-refractivity contribution in [2.75, 3.05) is 4.90 Å². The summed E-state index contributed by atoms with van der Waals surface area (Å²) in [5, 5.41) is 5.09. The van der Waals surface area contributed by atoms with Gasteiger partial charge in [0.2, 0.25) is 6.41 Å². The average Bonchev–Trinajstić information content (AvgIpc) is 3.26. The quantitative estimate of drug-likeness (QED) is 0.365. The molecule has 0 bridgehead atoms. The third-order valence-corrected chi connectivity index (χ3v) is 5.32. The zero-order valence-electron chi connectivity index (χ0n) is 15.0. The van der Waals surface area contributed by atoms with Crippen LogP contribution in [0.1, 0.15) is 5.76 Å². The van der Waals surface area contributed by atoms with E-state index in [2.05, 4.69) is 15.1 Å². The lowest BCUT2D eigenvalue weighted by molar-refractivity contribution is -0.106. The number of anilines is 2. The van der Waals surface area contributed by atoms with Crippen LogP contribution in [-0.2, 0) is 4.79 Å². The van der Waals surface area contributed by atoms with E-state index in [1.54, 1.807) is 37.3 Å². The van der Waals surface area contributed by atoms with E-state index in [-0.39, 0.29) is 10.3 Å². The number of hydrogen-bond acceptors (Lipinski definition) is 4. The highest BCUT2D eigenvalue weighted by molar-refractivity contribution is 6.40. The van der Waals surface area contributed by atoms with E-state index in [0.29, 0.717) is 45.6 Å². The molecule has 0 saturated carbocycles. The SMILES string of the molecule is Cc1onc(-c2ccccc2Cl)c1N(C=O)c1ccc(-c2nc(Cl)c(Cl)[nH]2)cc1. The molecule has 0 aliphatic heterocycles. The van der Waals surface area contributed by atoms with Crippen LogP contribution in [0, 0.1) is 6.92 Å². The van der Waals surface area contributed by atoms with Crippen molar-refractivity contribution in [3.05, 3.63) is 69.6 Å². The predicted molar refractivity (Wildman–Crippen MR) is 114 cm³/mol. The largest absolute Gasteiger partial charge is 0.359 e. The molecule has 2 aromatic heterocycles. The van der Waals surface area contributed by atoms with Gasteiger partial charge in [0.25, 0.3) is 0 Å². The van der Waals surface area contributed by atoms with Gasteiger partial charge in [-0.15, -0.1) is 0 Å². The number of H-pyrrole nitrogens is 1. The molecule has 29 heavy (non-hydrogen) atoms. The first-order valence-electron chi connectivity index (χ1n) is 8.46. The van der Waals surface area contributed by atoms with Crippen LogP contribution >= 0.6 is 34.8 Å². The van der Waals surface area contributed by atoms with Gasteiger partial charge in [-0.25, -0.2) is 4.98 Å². The zero-order chi connectivity index (χ0) is 20.5. The number of rotatable bonds is 5. The topological polar surface area (TPSA) is 75.0 Å². The maximum atomic E-state index is 12.0. The lowest BCUT2D eigenvalue weighted by atomic mass is 10.1. The molecular formula is C20H13Cl3N4O2. The molecule has 0 fully saturated rings. The lowest BCUT2D eigenvalue weighted by Gasteiger charge is -2.18. The molecule has 6 nitrogen and oxygen atoms in total. The summed E-state index contributed by atoms with van der Waals surface area (Å²) in [7, 11) is 0. The summed E-state index contributed by atoms with van der Waals surface area (Å²) >= 11 is 18.1. The number of hydrogen-bond donors (Lipinski definition) is 1. The molecule has 146 valence electrons. The Morgan fingerprint density at radius 3 is 2.41 bits per heavy atom. The van der Waals surface area contributed by atoms with Gasteiger partial charge in [0.15, 0.2) is 10.9 Å². The predicted octanol–water partition coefficient (Wildman–Crippen LogP) is 6.29. The molecule has 0 aliphatic rings. The summed E-state index contributed by atoms with van der Waals surface area (Å²) in [5.74, 6) is 1.02. The Kier molecular flexibility index (Phi) is 5.32. The van der Waals surface area contributed by atoms with Crippen molar-refractivity contribution in [3.8, 4) is 22.6 Å². The fraction of sp³-hybridized carbons (Fsp3) is 0.0500. The van der Waals surface area contributed by atoms with Crippen molar-refractivity contribution in [1.29, 1.82) is 0 Å². The Morgan fingerprint density at radius 1 is 1.07 bits per heavy atom. The van der Waals surface area contributed by atoms with Crippen LogP contribution in [0.25, 0.3) is 22.6 Å². The third-order valence-electron chi connectivity index (χ3n) is 4.35. The molecule has 0 atom stereocenters. The van der Waals surface area contributed by atoms with Gasteiger partial charge in [-0.05, 0) is 37.3 Å². The number of halogens is 3. The number of imidazole rings is 1. The van der Waals surface area contributed by atoms with Gasteiger partial charge >= 0.3 is 0 Å². The average molecular weight is 448 g/mol. The maximum absolute atomic E-state index is 12.0. The highest BCUT2D eigenvalue weighted by Crippen LogP contribution is 2.39. The molecule has 1 N–H and O–H groups in total. The molecule has 0 radical (unpaired) electrons. The third kappa shape index (κ3) is 3.62.